The highest BCUT2D eigenvalue weighted by Crippen LogP contribution is 2.35. The summed E-state index contributed by atoms with van der Waals surface area (Å²) >= 11 is 0. The van der Waals surface area contributed by atoms with Crippen LogP contribution in [0.2, 0.25) is 0 Å². The average molecular weight is 447 g/mol. The van der Waals surface area contributed by atoms with Crippen molar-refractivity contribution < 1.29 is 0 Å². The van der Waals surface area contributed by atoms with Gasteiger partial charge in [-0.1, -0.05) is 135 Å². The van der Waals surface area contributed by atoms with Crippen LogP contribution in [0.5, 0.6) is 0 Å². The molecule has 3 aromatic rings. The summed E-state index contributed by atoms with van der Waals surface area (Å²) in [5.74, 6) is 1.74. The van der Waals surface area contributed by atoms with Crippen molar-refractivity contribution in [3.63, 3.8) is 0 Å². The fourth-order valence-electron chi connectivity index (χ4n) is 5.22. The molecule has 0 amide bonds. The first kappa shape index (κ1) is 24.0. The van der Waals surface area contributed by atoms with Crippen LogP contribution in [0.25, 0.3) is 0 Å². The monoisotopic (exact) mass is 446 g/mol. The van der Waals surface area contributed by atoms with Crippen molar-refractivity contribution in [3.05, 3.63) is 144 Å². The van der Waals surface area contributed by atoms with E-state index in [1.54, 1.807) is 0 Å². The molecule has 174 valence electrons. The second-order valence-corrected chi connectivity index (χ2v) is 9.70. The van der Waals surface area contributed by atoms with Gasteiger partial charge in [0.15, 0.2) is 0 Å². The molecule has 0 aliphatic heterocycles. The quantitative estimate of drug-likeness (QED) is 0.275. The Kier molecular flexibility index (Phi) is 9.14. The van der Waals surface area contributed by atoms with E-state index in [1.807, 2.05) is 0 Å². The molecule has 1 aliphatic carbocycles. The van der Waals surface area contributed by atoms with Gasteiger partial charge in [0.05, 0.1) is 0 Å². The third kappa shape index (κ3) is 7.19. The first-order chi connectivity index (χ1) is 16.8. The minimum Gasteiger partial charge on any atom is -0.0804 e. The molecule has 0 aromatic heterocycles. The topological polar surface area (TPSA) is 0 Å². The maximum Gasteiger partial charge on any atom is -0.00975 e. The number of hydrogen-bond acceptors (Lipinski definition) is 0. The van der Waals surface area contributed by atoms with Crippen LogP contribution in [0.4, 0.5) is 0 Å². The lowest BCUT2D eigenvalue weighted by atomic mass is 9.81. The van der Waals surface area contributed by atoms with Crippen molar-refractivity contribution in [2.45, 2.75) is 63.2 Å². The molecule has 0 fully saturated rings. The first-order valence-electron chi connectivity index (χ1n) is 13.0. The van der Waals surface area contributed by atoms with Crippen LogP contribution in [0.1, 0.15) is 79.9 Å². The second kappa shape index (κ2) is 12.9. The third-order valence-corrected chi connectivity index (χ3v) is 7.23. The molecule has 1 aliphatic rings. The van der Waals surface area contributed by atoms with E-state index in [1.165, 1.54) is 47.9 Å². The molecular formula is C34H38. The van der Waals surface area contributed by atoms with E-state index in [4.69, 9.17) is 0 Å². The van der Waals surface area contributed by atoms with E-state index in [2.05, 4.69) is 128 Å². The predicted octanol–water partition coefficient (Wildman–Crippen LogP) is 9.75. The highest BCUT2D eigenvalue weighted by atomic mass is 14.2. The number of allylic oxidation sites excluding steroid dienone is 6. The number of hydrogen-bond donors (Lipinski definition) is 0. The van der Waals surface area contributed by atoms with E-state index in [9.17, 15) is 0 Å². The summed E-state index contributed by atoms with van der Waals surface area (Å²) < 4.78 is 0. The largest absolute Gasteiger partial charge is 0.0804 e. The molecule has 34 heavy (non-hydrogen) atoms. The van der Waals surface area contributed by atoms with Crippen LogP contribution in [-0.4, -0.2) is 0 Å². The van der Waals surface area contributed by atoms with Crippen LogP contribution >= 0.6 is 0 Å². The Morgan fingerprint density at radius 1 is 0.676 bits per heavy atom. The van der Waals surface area contributed by atoms with E-state index in [-0.39, 0.29) is 0 Å². The van der Waals surface area contributed by atoms with Crippen LogP contribution in [0.3, 0.4) is 0 Å². The first-order valence-corrected chi connectivity index (χ1v) is 13.0. The summed E-state index contributed by atoms with van der Waals surface area (Å²) in [4.78, 5) is 0. The Labute approximate surface area is 206 Å². The smallest absolute Gasteiger partial charge is 0.00975 e. The van der Waals surface area contributed by atoms with Gasteiger partial charge in [-0.3, -0.25) is 0 Å². The summed E-state index contributed by atoms with van der Waals surface area (Å²) in [6, 6.07) is 33.3. The Morgan fingerprint density at radius 3 is 1.82 bits per heavy atom. The van der Waals surface area contributed by atoms with Crippen LogP contribution in [0, 0.1) is 0 Å². The van der Waals surface area contributed by atoms with Crippen molar-refractivity contribution in [2.24, 2.45) is 0 Å². The molecule has 0 heterocycles. The van der Waals surface area contributed by atoms with Gasteiger partial charge in [-0.15, -0.1) is 0 Å². The summed E-state index contributed by atoms with van der Waals surface area (Å²) in [5.41, 5.74) is 5.86. The van der Waals surface area contributed by atoms with Crippen molar-refractivity contribution >= 4 is 0 Å². The van der Waals surface area contributed by atoms with Crippen LogP contribution in [-0.2, 0) is 0 Å². The molecule has 0 radical (unpaired) electrons. The van der Waals surface area contributed by atoms with Crippen molar-refractivity contribution in [1.82, 2.24) is 0 Å². The molecule has 3 atom stereocenters. The Hall–Kier alpha value is -3.12. The SMILES string of the molecule is CC(CC(CCCC(CC=C1C=CC=CC1)c1ccccc1)c1ccccc1)c1ccccc1. The normalized spacial score (nSPS) is 16.9. The van der Waals surface area contributed by atoms with Gasteiger partial charge >= 0.3 is 0 Å². The lowest BCUT2D eigenvalue weighted by Crippen LogP contribution is -2.06. The number of rotatable bonds is 11. The van der Waals surface area contributed by atoms with Gasteiger partial charge < -0.3 is 0 Å². The minimum absolute atomic E-state index is 0.562. The zero-order valence-electron chi connectivity index (χ0n) is 20.5. The van der Waals surface area contributed by atoms with Crippen LogP contribution in [0.15, 0.2) is 127 Å². The fourth-order valence-corrected chi connectivity index (χ4v) is 5.22. The molecule has 3 aromatic carbocycles. The Morgan fingerprint density at radius 2 is 1.24 bits per heavy atom. The molecule has 0 spiro atoms. The standard InChI is InChI=1S/C34H38/c1-28(30-17-8-3-9-18-30)27-34(32-21-12-5-13-22-32)24-14-23-33(31-19-10-4-11-20-31)26-25-29-15-6-2-7-16-29/h2-13,15,17-22,25,28,33-34H,14,16,23-24,26-27H2,1H3. The predicted molar refractivity (Wildman–Crippen MR) is 147 cm³/mol. The van der Waals surface area contributed by atoms with Gasteiger partial charge in [-0.2, -0.15) is 0 Å². The lowest BCUT2D eigenvalue weighted by Gasteiger charge is -2.23. The molecule has 3 unspecified atom stereocenters. The van der Waals surface area contributed by atoms with Gasteiger partial charge in [0.25, 0.3) is 0 Å². The van der Waals surface area contributed by atoms with E-state index in [0.29, 0.717) is 17.8 Å². The molecule has 4 rings (SSSR count). The van der Waals surface area contributed by atoms with E-state index in [0.717, 1.165) is 12.8 Å². The zero-order chi connectivity index (χ0) is 23.4. The zero-order valence-corrected chi connectivity index (χ0v) is 20.5. The molecule has 0 nitrogen and oxygen atoms in total. The van der Waals surface area contributed by atoms with Crippen LogP contribution < -0.4 is 0 Å². The summed E-state index contributed by atoms with van der Waals surface area (Å²) in [7, 11) is 0. The molecule has 0 heteroatoms. The molecular weight excluding hydrogens is 408 g/mol. The average Bonchev–Trinajstić information content (AvgIpc) is 2.92. The fraction of sp³-hybridized carbons (Fsp3) is 0.294. The van der Waals surface area contributed by atoms with Gasteiger partial charge in [0.1, 0.15) is 0 Å². The van der Waals surface area contributed by atoms with Crippen molar-refractivity contribution in [1.29, 1.82) is 0 Å². The summed E-state index contributed by atoms with van der Waals surface area (Å²) in [6.45, 7) is 2.39. The Balaban J connectivity index is 1.43. The lowest BCUT2D eigenvalue weighted by molar-refractivity contribution is 0.479. The Bertz CT molecular complexity index is 1060. The summed E-state index contributed by atoms with van der Waals surface area (Å²) in [6.07, 6.45) is 18.4. The van der Waals surface area contributed by atoms with Crippen molar-refractivity contribution in [3.8, 4) is 0 Å². The molecule has 0 bridgehead atoms. The second-order valence-electron chi connectivity index (χ2n) is 9.70. The maximum absolute atomic E-state index is 2.46. The third-order valence-electron chi connectivity index (χ3n) is 7.23. The number of benzene rings is 3. The summed E-state index contributed by atoms with van der Waals surface area (Å²) in [5, 5.41) is 0. The molecule has 0 saturated heterocycles. The maximum atomic E-state index is 2.46. The van der Waals surface area contributed by atoms with Gasteiger partial charge in [-0.25, -0.2) is 0 Å². The van der Waals surface area contributed by atoms with Gasteiger partial charge in [0, 0.05) is 0 Å². The van der Waals surface area contributed by atoms with Gasteiger partial charge in [-0.05, 0) is 72.1 Å². The molecule has 0 saturated carbocycles. The van der Waals surface area contributed by atoms with Crippen molar-refractivity contribution in [2.75, 3.05) is 0 Å². The van der Waals surface area contributed by atoms with Gasteiger partial charge in [0.2, 0.25) is 0 Å². The highest BCUT2D eigenvalue weighted by Gasteiger charge is 2.18. The van der Waals surface area contributed by atoms with E-state index >= 15 is 0 Å². The van der Waals surface area contributed by atoms with E-state index < -0.39 is 0 Å². The molecule has 0 N–H and O–H groups in total. The minimum atomic E-state index is 0.562. The highest BCUT2D eigenvalue weighted by molar-refractivity contribution is 5.30.